The first kappa shape index (κ1) is 21.1. The van der Waals surface area contributed by atoms with E-state index in [-0.39, 0.29) is 5.78 Å². The largest absolute Gasteiger partial charge is 0.369 e. The molecule has 1 fully saturated rings. The normalized spacial score (nSPS) is 19.7. The maximum Gasteiger partial charge on any atom is 0.195 e. The van der Waals surface area contributed by atoms with Crippen molar-refractivity contribution in [2.24, 2.45) is 0 Å². The van der Waals surface area contributed by atoms with E-state index in [2.05, 4.69) is 19.1 Å². The molecule has 0 aromatic rings. The quantitative estimate of drug-likeness (QED) is 0.115. The highest BCUT2D eigenvalue weighted by Gasteiger charge is 2.35. The monoisotopic (exact) mass is 336 g/mol. The maximum absolute atomic E-state index is 10.8. The van der Waals surface area contributed by atoms with E-state index in [4.69, 9.17) is 4.74 Å². The average Bonchev–Trinajstić information content (AvgIpc) is 3.36. The van der Waals surface area contributed by atoms with Crippen LogP contribution in [0.1, 0.15) is 96.8 Å². The van der Waals surface area contributed by atoms with Crippen molar-refractivity contribution >= 4 is 12.1 Å². The molecule has 0 aromatic carbocycles. The van der Waals surface area contributed by atoms with Crippen molar-refractivity contribution in [2.75, 3.05) is 0 Å². The summed E-state index contributed by atoms with van der Waals surface area (Å²) in [5.74, 6) is -0.254. The van der Waals surface area contributed by atoms with E-state index < -0.39 is 0 Å². The number of Topliss-reactive ketones (excluding diaryl/α,β-unsaturated/α-hetero) is 1. The van der Waals surface area contributed by atoms with Crippen molar-refractivity contribution in [3.8, 4) is 0 Å². The number of ether oxygens (including phenoxy) is 1. The zero-order valence-corrected chi connectivity index (χ0v) is 15.5. The van der Waals surface area contributed by atoms with E-state index in [1.807, 2.05) is 0 Å². The zero-order chi connectivity index (χ0) is 17.5. The Morgan fingerprint density at radius 2 is 1.42 bits per heavy atom. The highest BCUT2D eigenvalue weighted by Crippen LogP contribution is 2.28. The van der Waals surface area contributed by atoms with Gasteiger partial charge in [-0.15, -0.1) is 0 Å². The Kier molecular flexibility index (Phi) is 12.6. The smallest absolute Gasteiger partial charge is 0.195 e. The second-order valence-corrected chi connectivity index (χ2v) is 6.99. The second-order valence-electron chi connectivity index (χ2n) is 6.99. The topological polar surface area (TPSA) is 46.7 Å². The third kappa shape index (κ3) is 11.6. The summed E-state index contributed by atoms with van der Waals surface area (Å²) in [5.41, 5.74) is 0. The lowest BCUT2D eigenvalue weighted by molar-refractivity contribution is -0.129. The summed E-state index contributed by atoms with van der Waals surface area (Å²) in [6, 6.07) is 0. The van der Waals surface area contributed by atoms with Crippen molar-refractivity contribution in [3.63, 3.8) is 0 Å². The number of carbonyl (C=O) groups excluding carboxylic acids is 2. The van der Waals surface area contributed by atoms with Crippen LogP contribution in [0.5, 0.6) is 0 Å². The SMILES string of the molecule is CC[C@H]1O[C@H]1C/C=C\CCCCCCCCCCCCC(=O)C=O. The Morgan fingerprint density at radius 1 is 0.833 bits per heavy atom. The number of epoxide rings is 1. The lowest BCUT2D eigenvalue weighted by Crippen LogP contribution is -1.97. The van der Waals surface area contributed by atoms with Crippen molar-refractivity contribution in [1.29, 1.82) is 0 Å². The van der Waals surface area contributed by atoms with Crippen LogP contribution in [-0.2, 0) is 14.3 Å². The van der Waals surface area contributed by atoms with Gasteiger partial charge in [0.1, 0.15) is 0 Å². The zero-order valence-electron chi connectivity index (χ0n) is 15.5. The van der Waals surface area contributed by atoms with Gasteiger partial charge >= 0.3 is 0 Å². The van der Waals surface area contributed by atoms with Crippen LogP contribution >= 0.6 is 0 Å². The fourth-order valence-electron chi connectivity index (χ4n) is 3.13. The van der Waals surface area contributed by atoms with Crippen molar-refractivity contribution in [1.82, 2.24) is 0 Å². The number of hydrogen-bond donors (Lipinski definition) is 0. The van der Waals surface area contributed by atoms with Crippen LogP contribution in [0.4, 0.5) is 0 Å². The number of rotatable bonds is 17. The van der Waals surface area contributed by atoms with Gasteiger partial charge in [-0.25, -0.2) is 0 Å². The highest BCUT2D eigenvalue weighted by atomic mass is 16.6. The van der Waals surface area contributed by atoms with Gasteiger partial charge in [0.2, 0.25) is 0 Å². The Hall–Kier alpha value is -0.960. The first-order valence-electron chi connectivity index (χ1n) is 10.1. The van der Waals surface area contributed by atoms with Gasteiger partial charge in [-0.1, -0.05) is 70.4 Å². The molecule has 1 rings (SSSR count). The summed E-state index contributed by atoms with van der Waals surface area (Å²) in [4.78, 5) is 21.0. The molecule has 3 nitrogen and oxygen atoms in total. The van der Waals surface area contributed by atoms with E-state index >= 15 is 0 Å². The van der Waals surface area contributed by atoms with Crippen LogP contribution in [0.25, 0.3) is 0 Å². The third-order valence-electron chi connectivity index (χ3n) is 4.80. The molecular formula is C21H36O3. The predicted octanol–water partition coefficient (Wildman–Crippen LogP) is 5.56. The third-order valence-corrected chi connectivity index (χ3v) is 4.80. The first-order valence-corrected chi connectivity index (χ1v) is 10.1. The molecule has 0 unspecified atom stereocenters. The van der Waals surface area contributed by atoms with Gasteiger partial charge < -0.3 is 4.74 Å². The average molecular weight is 337 g/mol. The van der Waals surface area contributed by atoms with Gasteiger partial charge in [0, 0.05) is 6.42 Å². The molecule has 0 bridgehead atoms. The lowest BCUT2D eigenvalue weighted by Gasteiger charge is -2.02. The molecule has 3 heteroatoms. The van der Waals surface area contributed by atoms with Gasteiger partial charge in [-0.3, -0.25) is 9.59 Å². The molecule has 2 atom stereocenters. The number of allylic oxidation sites excluding steroid dienone is 1. The number of carbonyl (C=O) groups is 2. The Bertz CT molecular complexity index is 362. The van der Waals surface area contributed by atoms with Crippen LogP contribution < -0.4 is 0 Å². The molecule has 0 amide bonds. The van der Waals surface area contributed by atoms with Crippen LogP contribution in [-0.4, -0.2) is 24.3 Å². The van der Waals surface area contributed by atoms with E-state index in [1.54, 1.807) is 0 Å². The van der Waals surface area contributed by atoms with Gasteiger partial charge in [-0.05, 0) is 32.1 Å². The molecular weight excluding hydrogens is 300 g/mol. The molecule has 0 N–H and O–H groups in total. The van der Waals surface area contributed by atoms with E-state index in [9.17, 15) is 9.59 Å². The molecule has 138 valence electrons. The number of ketones is 1. The first-order chi connectivity index (χ1) is 11.8. The van der Waals surface area contributed by atoms with Crippen LogP contribution in [0.3, 0.4) is 0 Å². The van der Waals surface area contributed by atoms with Crippen molar-refractivity contribution < 1.29 is 14.3 Å². The summed E-state index contributed by atoms with van der Waals surface area (Å²) in [7, 11) is 0. The molecule has 1 aliphatic rings. The van der Waals surface area contributed by atoms with Gasteiger partial charge in [0.05, 0.1) is 12.2 Å². The summed E-state index contributed by atoms with van der Waals surface area (Å²) in [6.07, 6.45) is 22.4. The molecule has 1 heterocycles. The molecule has 0 aromatic heterocycles. The summed E-state index contributed by atoms with van der Waals surface area (Å²) >= 11 is 0. The van der Waals surface area contributed by atoms with E-state index in [0.717, 1.165) is 25.7 Å². The fourth-order valence-corrected chi connectivity index (χ4v) is 3.13. The molecule has 24 heavy (non-hydrogen) atoms. The van der Waals surface area contributed by atoms with Crippen molar-refractivity contribution in [2.45, 2.75) is 109 Å². The van der Waals surface area contributed by atoms with Gasteiger partial charge in [0.15, 0.2) is 12.1 Å². The molecule has 1 aliphatic heterocycles. The van der Waals surface area contributed by atoms with Gasteiger partial charge in [-0.2, -0.15) is 0 Å². The summed E-state index contributed by atoms with van der Waals surface area (Å²) in [5, 5.41) is 0. The summed E-state index contributed by atoms with van der Waals surface area (Å²) < 4.78 is 5.52. The molecule has 1 saturated heterocycles. The minimum atomic E-state index is -0.254. The molecule has 0 aliphatic carbocycles. The van der Waals surface area contributed by atoms with Gasteiger partial charge in [0.25, 0.3) is 0 Å². The summed E-state index contributed by atoms with van der Waals surface area (Å²) in [6.45, 7) is 2.19. The lowest BCUT2D eigenvalue weighted by atomic mass is 10.0. The van der Waals surface area contributed by atoms with Crippen molar-refractivity contribution in [3.05, 3.63) is 12.2 Å². The minimum Gasteiger partial charge on any atom is -0.369 e. The number of hydrogen-bond acceptors (Lipinski definition) is 3. The Labute approximate surface area is 148 Å². The van der Waals surface area contributed by atoms with E-state index in [1.165, 1.54) is 57.8 Å². The molecule has 0 radical (unpaired) electrons. The minimum absolute atomic E-state index is 0.254. The second kappa shape index (κ2) is 14.4. The standard InChI is InChI=1S/C21H36O3/c1-2-20-21(24-20)17-15-13-11-9-7-5-3-4-6-8-10-12-14-16-19(23)18-22/h13,15,18,20-21H,2-12,14,16-17H2,1H3/b15-13-/t20-,21+/m1/s1. The number of aldehydes is 1. The molecule has 0 saturated carbocycles. The van der Waals surface area contributed by atoms with E-state index in [0.29, 0.717) is 24.9 Å². The Balaban J connectivity index is 1.71. The number of unbranched alkanes of at least 4 members (excludes halogenated alkanes) is 10. The predicted molar refractivity (Wildman–Crippen MR) is 99.2 cm³/mol. The molecule has 0 spiro atoms. The van der Waals surface area contributed by atoms with Crippen LogP contribution in [0.2, 0.25) is 0 Å². The van der Waals surface area contributed by atoms with Crippen LogP contribution in [0.15, 0.2) is 12.2 Å². The highest BCUT2D eigenvalue weighted by molar-refractivity contribution is 6.24. The van der Waals surface area contributed by atoms with Crippen LogP contribution in [0, 0.1) is 0 Å². The Morgan fingerprint density at radius 3 is 1.96 bits per heavy atom. The fraction of sp³-hybridized carbons (Fsp3) is 0.810. The maximum atomic E-state index is 10.8.